The summed E-state index contributed by atoms with van der Waals surface area (Å²) in [5, 5.41) is 12.6. The highest BCUT2D eigenvalue weighted by atomic mass is 32.1. The summed E-state index contributed by atoms with van der Waals surface area (Å²) in [5.74, 6) is -0.105. The van der Waals surface area contributed by atoms with Gasteiger partial charge in [0.05, 0.1) is 17.7 Å². The highest BCUT2D eigenvalue weighted by Gasteiger charge is 2.23. The number of esters is 1. The Hall–Kier alpha value is -2.85. The molecular weight excluding hydrogens is 376 g/mol. The fourth-order valence-electron chi connectivity index (χ4n) is 2.96. The average Bonchev–Trinajstić information content (AvgIpc) is 3.25. The number of thiophene rings is 1. The van der Waals surface area contributed by atoms with Gasteiger partial charge in [-0.25, -0.2) is 4.79 Å². The Morgan fingerprint density at radius 3 is 2.89 bits per heavy atom. The van der Waals surface area contributed by atoms with Crippen LogP contribution in [0.5, 0.6) is 5.75 Å². The minimum absolute atomic E-state index is 0.321. The molecule has 3 rings (SSSR count). The number of anilines is 1. The van der Waals surface area contributed by atoms with Crippen LogP contribution in [0.3, 0.4) is 0 Å². The highest BCUT2D eigenvalue weighted by molar-refractivity contribution is 7.16. The van der Waals surface area contributed by atoms with Crippen molar-refractivity contribution in [2.75, 3.05) is 18.5 Å². The molecule has 0 atom stereocenters. The molecule has 1 heterocycles. The van der Waals surface area contributed by atoms with Crippen molar-refractivity contribution in [3.05, 3.63) is 45.8 Å². The molecule has 1 aliphatic carbocycles. The van der Waals surface area contributed by atoms with E-state index in [9.17, 15) is 14.9 Å². The Morgan fingerprint density at radius 2 is 2.14 bits per heavy atom. The molecule has 7 heteroatoms. The molecule has 0 aliphatic heterocycles. The molecule has 0 spiro atoms. The minimum Gasteiger partial charge on any atom is -0.493 e. The second kappa shape index (κ2) is 8.89. The van der Waals surface area contributed by atoms with Crippen LogP contribution in [0.25, 0.3) is 0 Å². The Kier molecular flexibility index (Phi) is 6.32. The quantitative estimate of drug-likeness (QED) is 0.714. The van der Waals surface area contributed by atoms with Gasteiger partial charge in [0.25, 0.3) is 5.91 Å². The van der Waals surface area contributed by atoms with Gasteiger partial charge in [0.2, 0.25) is 0 Å². The van der Waals surface area contributed by atoms with Gasteiger partial charge in [-0.1, -0.05) is 19.9 Å². The first-order valence-electron chi connectivity index (χ1n) is 9.22. The standard InChI is InChI=1S/C21H22N2O4S/c1-13(2)11-26-15-6-3-5-14(9-15)21(25)27-12-19(24)23-20-17(10-22)16-7-4-8-18(16)28-20/h3,5-6,9,13H,4,7-8,11-12H2,1-2H3,(H,23,24). The first kappa shape index (κ1) is 19.9. The van der Waals surface area contributed by atoms with E-state index in [1.807, 2.05) is 13.8 Å². The van der Waals surface area contributed by atoms with E-state index >= 15 is 0 Å². The lowest BCUT2D eigenvalue weighted by molar-refractivity contribution is -0.119. The summed E-state index contributed by atoms with van der Waals surface area (Å²) in [6.07, 6.45) is 2.85. The fraction of sp³-hybridized carbons (Fsp3) is 0.381. The number of nitriles is 1. The summed E-state index contributed by atoms with van der Waals surface area (Å²) in [7, 11) is 0. The molecular formula is C21H22N2O4S. The van der Waals surface area contributed by atoms with E-state index in [4.69, 9.17) is 9.47 Å². The first-order valence-corrected chi connectivity index (χ1v) is 10.0. The largest absolute Gasteiger partial charge is 0.493 e. The fourth-order valence-corrected chi connectivity index (χ4v) is 4.22. The monoisotopic (exact) mass is 398 g/mol. The van der Waals surface area contributed by atoms with Crippen LogP contribution >= 0.6 is 11.3 Å². The van der Waals surface area contributed by atoms with Crippen molar-refractivity contribution in [3.8, 4) is 11.8 Å². The van der Waals surface area contributed by atoms with E-state index in [-0.39, 0.29) is 0 Å². The number of ether oxygens (including phenoxy) is 2. The molecule has 0 unspecified atom stereocenters. The molecule has 1 aromatic heterocycles. The zero-order valence-electron chi connectivity index (χ0n) is 15.9. The van der Waals surface area contributed by atoms with Crippen molar-refractivity contribution < 1.29 is 19.1 Å². The molecule has 0 saturated heterocycles. The Morgan fingerprint density at radius 1 is 1.32 bits per heavy atom. The van der Waals surface area contributed by atoms with Crippen LogP contribution < -0.4 is 10.1 Å². The second-order valence-electron chi connectivity index (χ2n) is 7.03. The smallest absolute Gasteiger partial charge is 0.338 e. The second-order valence-corrected chi connectivity index (χ2v) is 8.14. The zero-order chi connectivity index (χ0) is 20.1. The van der Waals surface area contributed by atoms with Gasteiger partial charge in [0.1, 0.15) is 16.8 Å². The third-order valence-corrected chi connectivity index (χ3v) is 5.48. The summed E-state index contributed by atoms with van der Waals surface area (Å²) < 4.78 is 10.7. The van der Waals surface area contributed by atoms with Crippen LogP contribution in [0.1, 0.15) is 46.6 Å². The molecule has 1 aromatic carbocycles. The zero-order valence-corrected chi connectivity index (χ0v) is 16.7. The predicted molar refractivity (Wildman–Crippen MR) is 107 cm³/mol. The van der Waals surface area contributed by atoms with Gasteiger partial charge >= 0.3 is 5.97 Å². The summed E-state index contributed by atoms with van der Waals surface area (Å²) in [6.45, 7) is 4.21. The van der Waals surface area contributed by atoms with E-state index in [0.29, 0.717) is 34.4 Å². The summed E-state index contributed by atoms with van der Waals surface area (Å²) in [5.41, 5.74) is 1.90. The number of carbonyl (C=O) groups is 2. The predicted octanol–water partition coefficient (Wildman–Crippen LogP) is 3.94. The van der Waals surface area contributed by atoms with Gasteiger partial charge in [0.15, 0.2) is 6.61 Å². The number of nitrogens with one attached hydrogen (secondary N) is 1. The van der Waals surface area contributed by atoms with Crippen LogP contribution in [0, 0.1) is 17.2 Å². The molecule has 0 radical (unpaired) electrons. The first-order chi connectivity index (χ1) is 13.5. The number of hydrogen-bond donors (Lipinski definition) is 1. The topological polar surface area (TPSA) is 88.4 Å². The van der Waals surface area contributed by atoms with Crippen LogP contribution in [0.15, 0.2) is 24.3 Å². The molecule has 1 N–H and O–H groups in total. The number of carbonyl (C=O) groups excluding carboxylic acids is 2. The van der Waals surface area contributed by atoms with Gasteiger partial charge in [-0.05, 0) is 48.9 Å². The van der Waals surface area contributed by atoms with Gasteiger partial charge < -0.3 is 14.8 Å². The molecule has 1 amide bonds. The van der Waals surface area contributed by atoms with E-state index in [1.165, 1.54) is 11.3 Å². The number of amides is 1. The van der Waals surface area contributed by atoms with E-state index in [1.54, 1.807) is 24.3 Å². The van der Waals surface area contributed by atoms with Crippen molar-refractivity contribution in [1.29, 1.82) is 5.26 Å². The molecule has 6 nitrogen and oxygen atoms in total. The van der Waals surface area contributed by atoms with Crippen LogP contribution in [0.2, 0.25) is 0 Å². The van der Waals surface area contributed by atoms with E-state index in [2.05, 4.69) is 11.4 Å². The SMILES string of the molecule is CC(C)COc1cccc(C(=O)OCC(=O)Nc2sc3c(c2C#N)CCC3)c1. The van der Waals surface area contributed by atoms with Crippen LogP contribution in [-0.2, 0) is 22.4 Å². The summed E-state index contributed by atoms with van der Waals surface area (Å²) in [4.78, 5) is 25.5. The van der Waals surface area contributed by atoms with Crippen molar-refractivity contribution in [1.82, 2.24) is 0 Å². The number of rotatable bonds is 7. The maximum absolute atomic E-state index is 12.2. The van der Waals surface area contributed by atoms with Gasteiger partial charge in [-0.15, -0.1) is 11.3 Å². The highest BCUT2D eigenvalue weighted by Crippen LogP contribution is 2.38. The number of hydrogen-bond acceptors (Lipinski definition) is 6. The lowest BCUT2D eigenvalue weighted by Gasteiger charge is -2.10. The van der Waals surface area contributed by atoms with Crippen molar-refractivity contribution in [2.24, 2.45) is 5.92 Å². The van der Waals surface area contributed by atoms with Gasteiger partial charge in [-0.2, -0.15) is 5.26 Å². The van der Waals surface area contributed by atoms with Gasteiger partial charge in [-0.3, -0.25) is 4.79 Å². The van der Waals surface area contributed by atoms with Crippen LogP contribution in [-0.4, -0.2) is 25.1 Å². The molecule has 2 aromatic rings. The molecule has 0 bridgehead atoms. The third kappa shape index (κ3) is 4.70. The van der Waals surface area contributed by atoms with Crippen LogP contribution in [0.4, 0.5) is 5.00 Å². The summed E-state index contributed by atoms with van der Waals surface area (Å²) >= 11 is 1.43. The molecule has 1 aliphatic rings. The third-order valence-electron chi connectivity index (χ3n) is 4.27. The van der Waals surface area contributed by atoms with Crippen molar-refractivity contribution in [3.63, 3.8) is 0 Å². The lowest BCUT2D eigenvalue weighted by Crippen LogP contribution is -2.21. The minimum atomic E-state index is -0.598. The average molecular weight is 398 g/mol. The molecule has 28 heavy (non-hydrogen) atoms. The molecule has 0 fully saturated rings. The number of fused-ring (bicyclic) bond motifs is 1. The normalized spacial score (nSPS) is 12.4. The van der Waals surface area contributed by atoms with Crippen molar-refractivity contribution >= 4 is 28.2 Å². The van der Waals surface area contributed by atoms with E-state index in [0.717, 1.165) is 29.7 Å². The number of aryl methyl sites for hydroxylation is 1. The van der Waals surface area contributed by atoms with E-state index < -0.39 is 18.5 Å². The van der Waals surface area contributed by atoms with Crippen molar-refractivity contribution in [2.45, 2.75) is 33.1 Å². The Labute approximate surface area is 168 Å². The summed E-state index contributed by atoms with van der Waals surface area (Å²) in [6, 6.07) is 8.86. The lowest BCUT2D eigenvalue weighted by atomic mass is 10.1. The Bertz CT molecular complexity index is 927. The number of nitrogens with zero attached hydrogens (tertiary/aromatic N) is 1. The van der Waals surface area contributed by atoms with Gasteiger partial charge in [0, 0.05) is 4.88 Å². The maximum atomic E-state index is 12.2. The molecule has 0 saturated carbocycles. The maximum Gasteiger partial charge on any atom is 0.338 e. The molecule has 146 valence electrons. The number of benzene rings is 1. The Balaban J connectivity index is 1.56.